The minimum absolute atomic E-state index is 0.380. The summed E-state index contributed by atoms with van der Waals surface area (Å²) in [6, 6.07) is 0. The number of hydrogen-bond donors (Lipinski definition) is 1. The lowest BCUT2D eigenvalue weighted by Gasteiger charge is -2.33. The van der Waals surface area contributed by atoms with Crippen LogP contribution in [0, 0.1) is 11.8 Å². The summed E-state index contributed by atoms with van der Waals surface area (Å²) >= 11 is 0. The summed E-state index contributed by atoms with van der Waals surface area (Å²) in [5.74, 6) is 1.45. The first-order valence-electron chi connectivity index (χ1n) is 6.87. The van der Waals surface area contributed by atoms with Crippen molar-refractivity contribution in [2.24, 2.45) is 11.8 Å². The van der Waals surface area contributed by atoms with Crippen molar-refractivity contribution < 1.29 is 5.11 Å². The summed E-state index contributed by atoms with van der Waals surface area (Å²) in [6.07, 6.45) is 3.94. The monoisotopic (exact) mass is 226 g/mol. The van der Waals surface area contributed by atoms with Gasteiger partial charge in [-0.25, -0.2) is 0 Å². The molecule has 0 amide bonds. The Morgan fingerprint density at radius 3 is 2.19 bits per heavy atom. The fourth-order valence-electron chi connectivity index (χ4n) is 3.08. The maximum atomic E-state index is 9.12. The summed E-state index contributed by atoms with van der Waals surface area (Å²) in [5.41, 5.74) is 0. The highest BCUT2D eigenvalue weighted by atomic mass is 16.3. The molecule has 1 unspecified atom stereocenters. The summed E-state index contributed by atoms with van der Waals surface area (Å²) in [6.45, 7) is 10.0. The molecule has 0 aromatic heterocycles. The second kappa shape index (κ2) is 5.99. The van der Waals surface area contributed by atoms with Crippen molar-refractivity contribution in [3.8, 4) is 0 Å². The quantitative estimate of drug-likeness (QED) is 0.776. The Hall–Kier alpha value is -0.120. The molecule has 0 spiro atoms. The van der Waals surface area contributed by atoms with Crippen molar-refractivity contribution in [1.82, 2.24) is 9.80 Å². The Balaban J connectivity index is 1.67. The van der Waals surface area contributed by atoms with Crippen molar-refractivity contribution >= 4 is 0 Å². The highest BCUT2D eigenvalue weighted by Gasteiger charge is 2.25. The molecule has 0 radical (unpaired) electrons. The third kappa shape index (κ3) is 3.19. The molecular weight excluding hydrogens is 200 g/mol. The molecule has 0 bridgehead atoms. The van der Waals surface area contributed by atoms with Gasteiger partial charge in [-0.05, 0) is 57.3 Å². The predicted octanol–water partition coefficient (Wildman–Crippen LogP) is 1.03. The van der Waals surface area contributed by atoms with Crippen LogP contribution in [0.5, 0.6) is 0 Å². The van der Waals surface area contributed by atoms with Gasteiger partial charge in [0.05, 0.1) is 0 Å². The van der Waals surface area contributed by atoms with E-state index in [9.17, 15) is 0 Å². The Bertz CT molecular complexity index is 202. The number of nitrogens with zero attached hydrogens (tertiary/aromatic N) is 2. The molecule has 1 N–H and O–H groups in total. The Morgan fingerprint density at radius 2 is 1.62 bits per heavy atom. The minimum Gasteiger partial charge on any atom is -0.396 e. The molecule has 0 aromatic rings. The molecule has 0 saturated carbocycles. The molecule has 2 aliphatic rings. The number of piperidine rings is 1. The highest BCUT2D eigenvalue weighted by Crippen LogP contribution is 2.22. The SMILES string of the molecule is CCN1CCC(CN2CCC(CO)C2)CC1. The van der Waals surface area contributed by atoms with E-state index in [1.54, 1.807) is 0 Å². The van der Waals surface area contributed by atoms with Crippen molar-refractivity contribution in [1.29, 1.82) is 0 Å². The van der Waals surface area contributed by atoms with E-state index in [1.165, 1.54) is 52.0 Å². The zero-order chi connectivity index (χ0) is 11.4. The Labute approximate surface area is 99.4 Å². The summed E-state index contributed by atoms with van der Waals surface area (Å²) < 4.78 is 0. The van der Waals surface area contributed by atoms with Crippen molar-refractivity contribution in [2.75, 3.05) is 45.9 Å². The van der Waals surface area contributed by atoms with Gasteiger partial charge < -0.3 is 14.9 Å². The topological polar surface area (TPSA) is 26.7 Å². The number of likely N-dealkylation sites (tertiary alicyclic amines) is 2. The van der Waals surface area contributed by atoms with Crippen molar-refractivity contribution in [3.63, 3.8) is 0 Å². The summed E-state index contributed by atoms with van der Waals surface area (Å²) in [4.78, 5) is 5.12. The van der Waals surface area contributed by atoms with E-state index >= 15 is 0 Å². The lowest BCUT2D eigenvalue weighted by atomic mass is 9.96. The van der Waals surface area contributed by atoms with Gasteiger partial charge in [0.2, 0.25) is 0 Å². The standard InChI is InChI=1S/C13H26N2O/c1-2-14-6-3-12(4-7-14)9-15-8-5-13(10-15)11-16/h12-13,16H,2-11H2,1H3. The smallest absolute Gasteiger partial charge is 0.0471 e. The molecule has 2 fully saturated rings. The number of aliphatic hydroxyl groups excluding tert-OH is 1. The van der Waals surface area contributed by atoms with E-state index in [-0.39, 0.29) is 0 Å². The van der Waals surface area contributed by atoms with E-state index in [1.807, 2.05) is 0 Å². The van der Waals surface area contributed by atoms with Crippen LogP contribution in [-0.2, 0) is 0 Å². The average molecular weight is 226 g/mol. The summed E-state index contributed by atoms with van der Waals surface area (Å²) in [5, 5.41) is 9.12. The normalized spacial score (nSPS) is 30.0. The van der Waals surface area contributed by atoms with Gasteiger partial charge in [0, 0.05) is 19.7 Å². The first-order chi connectivity index (χ1) is 7.81. The van der Waals surface area contributed by atoms with Crippen LogP contribution in [0.2, 0.25) is 0 Å². The lowest BCUT2D eigenvalue weighted by molar-refractivity contribution is 0.153. The summed E-state index contributed by atoms with van der Waals surface area (Å²) in [7, 11) is 0. The fraction of sp³-hybridized carbons (Fsp3) is 1.00. The second-order valence-electron chi connectivity index (χ2n) is 5.47. The predicted molar refractivity (Wildman–Crippen MR) is 66.5 cm³/mol. The zero-order valence-corrected chi connectivity index (χ0v) is 10.6. The van der Waals surface area contributed by atoms with Gasteiger partial charge >= 0.3 is 0 Å². The molecule has 2 rings (SSSR count). The molecular formula is C13H26N2O. The van der Waals surface area contributed by atoms with Crippen LogP contribution in [0.25, 0.3) is 0 Å². The van der Waals surface area contributed by atoms with Crippen molar-refractivity contribution in [2.45, 2.75) is 26.2 Å². The lowest BCUT2D eigenvalue weighted by Crippen LogP contribution is -2.38. The van der Waals surface area contributed by atoms with Gasteiger partial charge in [-0.1, -0.05) is 6.92 Å². The third-order valence-corrected chi connectivity index (χ3v) is 4.30. The van der Waals surface area contributed by atoms with Gasteiger partial charge in [-0.2, -0.15) is 0 Å². The van der Waals surface area contributed by atoms with Crippen molar-refractivity contribution in [3.05, 3.63) is 0 Å². The van der Waals surface area contributed by atoms with Gasteiger partial charge in [-0.3, -0.25) is 0 Å². The molecule has 0 aromatic carbocycles. The molecule has 3 heteroatoms. The molecule has 2 heterocycles. The number of hydrogen-bond acceptors (Lipinski definition) is 3. The molecule has 2 saturated heterocycles. The van der Waals surface area contributed by atoms with Crippen LogP contribution < -0.4 is 0 Å². The van der Waals surface area contributed by atoms with Crippen LogP contribution in [0.4, 0.5) is 0 Å². The highest BCUT2D eigenvalue weighted by molar-refractivity contribution is 4.79. The molecule has 0 aliphatic carbocycles. The van der Waals surface area contributed by atoms with E-state index < -0.39 is 0 Å². The van der Waals surface area contributed by atoms with E-state index in [0.717, 1.165) is 12.5 Å². The molecule has 3 nitrogen and oxygen atoms in total. The molecule has 2 aliphatic heterocycles. The van der Waals surface area contributed by atoms with E-state index in [2.05, 4.69) is 16.7 Å². The third-order valence-electron chi connectivity index (χ3n) is 4.30. The fourth-order valence-corrected chi connectivity index (χ4v) is 3.08. The Kier molecular flexibility index (Phi) is 4.62. The van der Waals surface area contributed by atoms with Crippen LogP contribution >= 0.6 is 0 Å². The molecule has 1 atom stereocenters. The van der Waals surface area contributed by atoms with Gasteiger partial charge in [-0.15, -0.1) is 0 Å². The zero-order valence-electron chi connectivity index (χ0n) is 10.6. The van der Waals surface area contributed by atoms with Crippen LogP contribution in [0.1, 0.15) is 26.2 Å². The van der Waals surface area contributed by atoms with Gasteiger partial charge in [0.15, 0.2) is 0 Å². The number of rotatable bonds is 4. The first-order valence-corrected chi connectivity index (χ1v) is 6.87. The minimum atomic E-state index is 0.380. The van der Waals surface area contributed by atoms with Gasteiger partial charge in [0.1, 0.15) is 0 Å². The Morgan fingerprint density at radius 1 is 1.00 bits per heavy atom. The van der Waals surface area contributed by atoms with Crippen LogP contribution in [0.3, 0.4) is 0 Å². The van der Waals surface area contributed by atoms with E-state index in [4.69, 9.17) is 5.11 Å². The van der Waals surface area contributed by atoms with Gasteiger partial charge in [0.25, 0.3) is 0 Å². The largest absolute Gasteiger partial charge is 0.396 e. The molecule has 16 heavy (non-hydrogen) atoms. The van der Waals surface area contributed by atoms with E-state index in [0.29, 0.717) is 12.5 Å². The molecule has 94 valence electrons. The average Bonchev–Trinajstić information content (AvgIpc) is 2.78. The van der Waals surface area contributed by atoms with Crippen LogP contribution in [0.15, 0.2) is 0 Å². The van der Waals surface area contributed by atoms with Crippen LogP contribution in [-0.4, -0.2) is 60.8 Å². The maximum absolute atomic E-state index is 9.12. The number of aliphatic hydroxyl groups is 1. The first kappa shape index (κ1) is 12.3. The second-order valence-corrected chi connectivity index (χ2v) is 5.47. The maximum Gasteiger partial charge on any atom is 0.0471 e.